The SMILES string of the molecule is CC[C@@H]1C[C@H](C)CC/C=C\C2C[C@@]2(C(=O)NS(=O)(=O)C2(C)CC2)NC(=O)[C@@H]2C[C@@H](Oc3nccc4c5c(ccc34)OCCO5)CN2C(=O)[C@H]1NC(=O)OC(C)(C)C(F)(F)F. The van der Waals surface area contributed by atoms with Crippen LogP contribution in [0.4, 0.5) is 18.0 Å². The van der Waals surface area contributed by atoms with Crippen molar-refractivity contribution in [2.75, 3.05) is 19.8 Å². The molecular weight excluding hydrogens is 812 g/mol. The zero-order valence-electron chi connectivity index (χ0n) is 34.2. The van der Waals surface area contributed by atoms with E-state index in [0.717, 1.165) is 0 Å². The standard InChI is InChI=1S/C41H52F3N5O10S/c1-6-24-19-23(2)9-7-8-10-25-21-40(25,36(52)48-60(54,55)39(5)14-15-39)47-33(50)29-20-26(22-49(29)35(51)31(24)46-37(53)59-38(3,4)41(42,43)44)58-34-28-11-12-30-32(57-18-17-56-30)27(28)13-16-45-34/h8,10-13,16,23-26,29,31H,6-7,9,14-15,17-22H2,1-5H3,(H,46,53)(H,47,50)(H,48,52)/b10-8-/t23-,24-,25?,26-,29+,31+,40-/m1/s1. The average Bonchev–Trinajstić information content (AvgIpc) is 4.07. The van der Waals surface area contributed by atoms with Crippen LogP contribution in [0, 0.1) is 17.8 Å². The van der Waals surface area contributed by atoms with Gasteiger partial charge in [0.1, 0.15) is 36.9 Å². The first kappa shape index (κ1) is 43.3. The number of amides is 4. The fourth-order valence-electron chi connectivity index (χ4n) is 8.25. The summed E-state index contributed by atoms with van der Waals surface area (Å²) in [4.78, 5) is 62.4. The number of nitrogens with one attached hydrogen (secondary N) is 3. The quantitative estimate of drug-likeness (QED) is 0.301. The lowest BCUT2D eigenvalue weighted by molar-refractivity contribution is -0.244. The minimum Gasteiger partial charge on any atom is -0.486 e. The number of hydrogen-bond acceptors (Lipinski definition) is 11. The number of halogens is 3. The van der Waals surface area contributed by atoms with Gasteiger partial charge in [-0.05, 0) is 89.3 Å². The lowest BCUT2D eigenvalue weighted by Crippen LogP contribution is -2.60. The number of carbonyl (C=O) groups is 4. The van der Waals surface area contributed by atoms with Gasteiger partial charge >= 0.3 is 12.3 Å². The van der Waals surface area contributed by atoms with Crippen molar-refractivity contribution < 1.29 is 59.7 Å². The first-order valence-corrected chi connectivity index (χ1v) is 21.9. The molecule has 19 heteroatoms. The van der Waals surface area contributed by atoms with E-state index in [4.69, 9.17) is 18.9 Å². The molecule has 15 nitrogen and oxygen atoms in total. The summed E-state index contributed by atoms with van der Waals surface area (Å²) in [6.45, 7) is 7.18. The molecule has 1 aromatic heterocycles. The van der Waals surface area contributed by atoms with E-state index in [1.54, 1.807) is 31.2 Å². The maximum absolute atomic E-state index is 14.9. The Morgan fingerprint density at radius 2 is 1.82 bits per heavy atom. The van der Waals surface area contributed by atoms with Gasteiger partial charge < -0.3 is 34.5 Å². The summed E-state index contributed by atoms with van der Waals surface area (Å²) in [7, 11) is -4.09. The van der Waals surface area contributed by atoms with Crippen LogP contribution in [-0.4, -0.2) is 102 Å². The van der Waals surface area contributed by atoms with Crippen LogP contribution in [0.25, 0.3) is 10.8 Å². The second-order valence-electron chi connectivity index (χ2n) is 17.5. The monoisotopic (exact) mass is 863 g/mol. The van der Waals surface area contributed by atoms with Crippen molar-refractivity contribution in [2.24, 2.45) is 17.8 Å². The molecule has 60 heavy (non-hydrogen) atoms. The molecule has 4 amide bonds. The number of carbonyl (C=O) groups excluding carboxylic acids is 4. The maximum atomic E-state index is 14.9. The average molecular weight is 864 g/mol. The zero-order chi connectivity index (χ0) is 43.4. The van der Waals surface area contributed by atoms with E-state index in [9.17, 15) is 40.8 Å². The number of pyridine rings is 1. The Hall–Kier alpha value is -4.81. The van der Waals surface area contributed by atoms with Gasteiger partial charge in [-0.15, -0.1) is 0 Å². The first-order chi connectivity index (χ1) is 28.2. The molecule has 2 aliphatic carbocycles. The molecule has 5 aliphatic rings. The molecule has 7 atom stereocenters. The van der Waals surface area contributed by atoms with Crippen LogP contribution < -0.4 is 29.6 Å². The molecular formula is C41H52F3N5O10S. The first-order valence-electron chi connectivity index (χ1n) is 20.4. The number of aromatic nitrogens is 1. The molecule has 2 aromatic rings. The third-order valence-electron chi connectivity index (χ3n) is 12.6. The molecule has 3 aliphatic heterocycles. The fraction of sp³-hybridized carbons (Fsp3) is 0.634. The van der Waals surface area contributed by atoms with Crippen molar-refractivity contribution in [3.8, 4) is 17.4 Å². The molecule has 2 saturated carbocycles. The Morgan fingerprint density at radius 3 is 2.52 bits per heavy atom. The highest BCUT2D eigenvalue weighted by Crippen LogP contribution is 2.48. The van der Waals surface area contributed by atoms with Crippen LogP contribution >= 0.6 is 0 Å². The predicted octanol–water partition coefficient (Wildman–Crippen LogP) is 5.07. The molecule has 1 saturated heterocycles. The van der Waals surface area contributed by atoms with Gasteiger partial charge in [-0.2, -0.15) is 13.2 Å². The van der Waals surface area contributed by atoms with Gasteiger partial charge in [0.25, 0.3) is 5.91 Å². The summed E-state index contributed by atoms with van der Waals surface area (Å²) >= 11 is 0. The molecule has 3 fully saturated rings. The number of ether oxygens (including phenoxy) is 4. The maximum Gasteiger partial charge on any atom is 0.427 e. The summed E-state index contributed by atoms with van der Waals surface area (Å²) in [5.74, 6) is -2.42. The summed E-state index contributed by atoms with van der Waals surface area (Å²) in [6, 6.07) is 2.44. The second-order valence-corrected chi connectivity index (χ2v) is 19.7. The van der Waals surface area contributed by atoms with E-state index >= 15 is 0 Å². The van der Waals surface area contributed by atoms with E-state index in [0.29, 0.717) is 87.9 Å². The number of sulfonamides is 1. The number of nitrogens with zero attached hydrogens (tertiary/aromatic N) is 2. The fourth-order valence-corrected chi connectivity index (χ4v) is 9.56. The lowest BCUT2D eigenvalue weighted by Gasteiger charge is -2.35. The number of alkyl halides is 3. The van der Waals surface area contributed by atoms with Gasteiger partial charge in [0.2, 0.25) is 33.3 Å². The smallest absolute Gasteiger partial charge is 0.427 e. The predicted molar refractivity (Wildman–Crippen MR) is 210 cm³/mol. The highest BCUT2D eigenvalue weighted by atomic mass is 32.2. The van der Waals surface area contributed by atoms with Gasteiger partial charge in [-0.3, -0.25) is 19.1 Å². The van der Waals surface area contributed by atoms with Crippen molar-refractivity contribution >= 4 is 44.6 Å². The molecule has 7 rings (SSSR count). The third-order valence-corrected chi connectivity index (χ3v) is 14.8. The lowest BCUT2D eigenvalue weighted by atomic mass is 9.85. The normalized spacial score (nSPS) is 29.8. The van der Waals surface area contributed by atoms with Gasteiger partial charge in [0.05, 0.1) is 11.3 Å². The van der Waals surface area contributed by atoms with Crippen molar-refractivity contribution in [1.82, 2.24) is 25.2 Å². The highest BCUT2D eigenvalue weighted by Gasteiger charge is 2.63. The molecule has 0 bridgehead atoms. The van der Waals surface area contributed by atoms with E-state index in [1.807, 2.05) is 13.0 Å². The van der Waals surface area contributed by atoms with Gasteiger partial charge in [0.15, 0.2) is 11.5 Å². The van der Waals surface area contributed by atoms with Crippen LogP contribution in [-0.2, 0) is 29.1 Å². The second kappa shape index (κ2) is 15.9. The molecule has 328 valence electrons. The van der Waals surface area contributed by atoms with Crippen molar-refractivity contribution in [2.45, 2.75) is 126 Å². The Balaban J connectivity index is 1.24. The summed E-state index contributed by atoms with van der Waals surface area (Å²) in [5.41, 5.74) is -4.54. The largest absolute Gasteiger partial charge is 0.486 e. The molecule has 4 heterocycles. The van der Waals surface area contributed by atoms with Crippen LogP contribution in [0.15, 0.2) is 36.5 Å². The van der Waals surface area contributed by atoms with E-state index < -0.39 is 85.9 Å². The molecule has 1 unspecified atom stereocenters. The number of alkyl carbamates (subject to hydrolysis) is 1. The van der Waals surface area contributed by atoms with Crippen LogP contribution in [0.5, 0.6) is 17.4 Å². The van der Waals surface area contributed by atoms with Gasteiger partial charge in [-0.1, -0.05) is 32.4 Å². The molecule has 0 radical (unpaired) electrons. The number of rotatable bonds is 8. The summed E-state index contributed by atoms with van der Waals surface area (Å²) in [5, 5.41) is 6.46. The highest BCUT2D eigenvalue weighted by molar-refractivity contribution is 7.91. The number of fused-ring (bicyclic) bond motifs is 5. The zero-order valence-corrected chi connectivity index (χ0v) is 35.0. The van der Waals surface area contributed by atoms with Crippen LogP contribution in [0.1, 0.15) is 86.0 Å². The van der Waals surface area contributed by atoms with Crippen LogP contribution in [0.2, 0.25) is 0 Å². The van der Waals surface area contributed by atoms with Crippen molar-refractivity contribution in [3.05, 3.63) is 36.5 Å². The minimum absolute atomic E-state index is 0.0380. The molecule has 1 aromatic carbocycles. The third kappa shape index (κ3) is 8.42. The number of benzene rings is 1. The van der Waals surface area contributed by atoms with E-state index in [1.165, 1.54) is 18.0 Å². The van der Waals surface area contributed by atoms with E-state index in [2.05, 4.69) is 20.3 Å². The molecule has 0 spiro atoms. The van der Waals surface area contributed by atoms with Crippen LogP contribution in [0.3, 0.4) is 0 Å². The Morgan fingerprint density at radius 1 is 1.08 bits per heavy atom. The summed E-state index contributed by atoms with van der Waals surface area (Å²) < 4.78 is 91.9. The summed E-state index contributed by atoms with van der Waals surface area (Å²) in [6.07, 6.45) is 0.510. The van der Waals surface area contributed by atoms with Gasteiger partial charge in [-0.25, -0.2) is 18.2 Å². The number of allylic oxidation sites excluding steroid dienone is 1. The van der Waals surface area contributed by atoms with Crippen molar-refractivity contribution in [1.29, 1.82) is 0 Å². The Bertz CT molecular complexity index is 2180. The number of hydrogen-bond donors (Lipinski definition) is 3. The Kier molecular flexibility index (Phi) is 11.5. The minimum atomic E-state index is -4.92. The van der Waals surface area contributed by atoms with Gasteiger partial charge in [0, 0.05) is 29.3 Å². The van der Waals surface area contributed by atoms with E-state index in [-0.39, 0.29) is 31.2 Å². The topological polar surface area (TPSA) is 192 Å². The van der Waals surface area contributed by atoms with Crippen molar-refractivity contribution in [3.63, 3.8) is 0 Å². The molecule has 3 N–H and O–H groups in total. The Labute approximate surface area is 346 Å².